The van der Waals surface area contributed by atoms with Crippen molar-refractivity contribution in [1.82, 2.24) is 15.5 Å². The third-order valence-electron chi connectivity index (χ3n) is 5.38. The van der Waals surface area contributed by atoms with Gasteiger partial charge in [-0.25, -0.2) is 9.38 Å². The molecule has 3 N–H and O–H groups in total. The van der Waals surface area contributed by atoms with Crippen LogP contribution in [0.4, 0.5) is 4.39 Å². The van der Waals surface area contributed by atoms with E-state index in [1.165, 1.54) is 49.5 Å². The molecule has 170 valence electrons. The molecule has 31 heavy (non-hydrogen) atoms. The van der Waals surface area contributed by atoms with Gasteiger partial charge in [0.15, 0.2) is 5.96 Å². The van der Waals surface area contributed by atoms with Crippen molar-refractivity contribution in [2.45, 2.75) is 52.4 Å². The molecule has 1 heterocycles. The van der Waals surface area contributed by atoms with E-state index in [-0.39, 0.29) is 36.4 Å². The number of nitrogens with one attached hydrogen (secondary N) is 2. The highest BCUT2D eigenvalue weighted by atomic mass is 127. The summed E-state index contributed by atoms with van der Waals surface area (Å²) in [5.41, 5.74) is 3.72. The van der Waals surface area contributed by atoms with Gasteiger partial charge in [0.25, 0.3) is 0 Å². The fourth-order valence-corrected chi connectivity index (χ4v) is 3.68. The third-order valence-corrected chi connectivity index (χ3v) is 5.38. The lowest BCUT2D eigenvalue weighted by atomic mass is 10.1. The molecule has 0 unspecified atom stereocenters. The minimum absolute atomic E-state index is 0. The Morgan fingerprint density at radius 2 is 1.68 bits per heavy atom. The lowest BCUT2D eigenvalue weighted by Gasteiger charge is -2.26. The van der Waals surface area contributed by atoms with Gasteiger partial charge in [0.1, 0.15) is 5.82 Å². The highest BCUT2D eigenvalue weighted by Crippen LogP contribution is 2.14. The average molecular weight is 540 g/mol. The first-order valence-corrected chi connectivity index (χ1v) is 10.9. The Morgan fingerprint density at radius 1 is 1.00 bits per heavy atom. The second-order valence-corrected chi connectivity index (χ2v) is 7.79. The SMILES string of the molecule is CCNC(=NCc1ccc(F)c(CO)c1)NCc1ccc(CN2CCCCC2)cc1.I. The standard InChI is InChI=1S/C24H33FN4O.HI/c1-2-26-24(28-16-21-10-11-23(25)22(14-21)18-30)27-15-19-6-8-20(9-7-19)17-29-12-4-3-5-13-29;/h6-11,14,30H,2-5,12-13,15-18H2,1H3,(H2,26,27,28);1H. The van der Waals surface area contributed by atoms with Gasteiger partial charge in [-0.2, -0.15) is 0 Å². The van der Waals surface area contributed by atoms with E-state index < -0.39 is 0 Å². The maximum absolute atomic E-state index is 13.5. The fraction of sp³-hybridized carbons (Fsp3) is 0.458. The van der Waals surface area contributed by atoms with Crippen molar-refractivity contribution in [3.05, 3.63) is 70.5 Å². The van der Waals surface area contributed by atoms with Crippen LogP contribution in [-0.2, 0) is 26.2 Å². The number of aliphatic hydroxyl groups is 1. The topological polar surface area (TPSA) is 59.9 Å². The summed E-state index contributed by atoms with van der Waals surface area (Å²) in [5.74, 6) is 0.323. The number of rotatable bonds is 8. The molecule has 0 amide bonds. The minimum atomic E-state index is -0.390. The van der Waals surface area contributed by atoms with Crippen LogP contribution < -0.4 is 10.6 Å². The molecular weight excluding hydrogens is 506 g/mol. The van der Waals surface area contributed by atoms with E-state index in [0.717, 1.165) is 18.7 Å². The number of aliphatic hydroxyl groups excluding tert-OH is 1. The number of guanidine groups is 1. The summed E-state index contributed by atoms with van der Waals surface area (Å²) in [5, 5.41) is 15.8. The molecule has 1 aliphatic heterocycles. The molecule has 5 nitrogen and oxygen atoms in total. The Balaban J connectivity index is 0.00000341. The summed E-state index contributed by atoms with van der Waals surface area (Å²) in [7, 11) is 0. The number of halogens is 2. The van der Waals surface area contributed by atoms with E-state index in [1.54, 1.807) is 12.1 Å². The zero-order valence-corrected chi connectivity index (χ0v) is 20.6. The van der Waals surface area contributed by atoms with E-state index in [2.05, 4.69) is 44.8 Å². The smallest absolute Gasteiger partial charge is 0.191 e. The van der Waals surface area contributed by atoms with Crippen molar-refractivity contribution in [2.24, 2.45) is 4.99 Å². The molecule has 0 saturated carbocycles. The first-order valence-electron chi connectivity index (χ1n) is 10.9. The minimum Gasteiger partial charge on any atom is -0.392 e. The predicted octanol–water partition coefficient (Wildman–Crippen LogP) is 4.18. The zero-order chi connectivity index (χ0) is 21.2. The van der Waals surface area contributed by atoms with Gasteiger partial charge in [-0.3, -0.25) is 4.90 Å². The van der Waals surface area contributed by atoms with Gasteiger partial charge in [0, 0.05) is 25.2 Å². The van der Waals surface area contributed by atoms with Crippen LogP contribution in [0.15, 0.2) is 47.5 Å². The summed E-state index contributed by atoms with van der Waals surface area (Å²) in [6, 6.07) is 13.5. The van der Waals surface area contributed by atoms with Gasteiger partial charge in [0.05, 0.1) is 13.2 Å². The number of nitrogens with zero attached hydrogens (tertiary/aromatic N) is 2. The summed E-state index contributed by atoms with van der Waals surface area (Å²) in [6.07, 6.45) is 3.99. The van der Waals surface area contributed by atoms with Crippen LogP contribution in [0.5, 0.6) is 0 Å². The van der Waals surface area contributed by atoms with Crippen molar-refractivity contribution in [2.75, 3.05) is 19.6 Å². The average Bonchev–Trinajstić information content (AvgIpc) is 2.78. The van der Waals surface area contributed by atoms with Gasteiger partial charge in [-0.1, -0.05) is 36.8 Å². The fourth-order valence-electron chi connectivity index (χ4n) is 3.68. The molecular formula is C24H34FIN4O. The number of aliphatic imine (C=N–C) groups is 1. The predicted molar refractivity (Wildman–Crippen MR) is 135 cm³/mol. The molecule has 3 rings (SSSR count). The molecule has 0 bridgehead atoms. The summed E-state index contributed by atoms with van der Waals surface area (Å²) >= 11 is 0. The molecule has 7 heteroatoms. The molecule has 2 aromatic carbocycles. The van der Waals surface area contributed by atoms with E-state index in [1.807, 2.05) is 6.92 Å². The lowest BCUT2D eigenvalue weighted by Crippen LogP contribution is -2.36. The maximum atomic E-state index is 13.5. The Kier molecular flexibility index (Phi) is 11.2. The molecule has 1 aliphatic rings. The molecule has 2 aromatic rings. The van der Waals surface area contributed by atoms with Crippen LogP contribution in [0, 0.1) is 5.82 Å². The summed E-state index contributed by atoms with van der Waals surface area (Å²) in [6.45, 7) is 7.01. The van der Waals surface area contributed by atoms with E-state index in [0.29, 0.717) is 24.6 Å². The summed E-state index contributed by atoms with van der Waals surface area (Å²) < 4.78 is 13.5. The van der Waals surface area contributed by atoms with Gasteiger partial charge >= 0.3 is 0 Å². The highest BCUT2D eigenvalue weighted by Gasteiger charge is 2.10. The Labute approximate surface area is 202 Å². The zero-order valence-electron chi connectivity index (χ0n) is 18.2. The van der Waals surface area contributed by atoms with Crippen LogP contribution in [0.3, 0.4) is 0 Å². The Morgan fingerprint density at radius 3 is 2.35 bits per heavy atom. The number of likely N-dealkylation sites (tertiary alicyclic amines) is 1. The number of hydrogen-bond acceptors (Lipinski definition) is 3. The van der Waals surface area contributed by atoms with E-state index >= 15 is 0 Å². The Bertz CT molecular complexity index is 823. The normalized spacial score (nSPS) is 14.7. The molecule has 1 fully saturated rings. The van der Waals surface area contributed by atoms with Crippen molar-refractivity contribution in [3.8, 4) is 0 Å². The number of hydrogen-bond donors (Lipinski definition) is 3. The van der Waals surface area contributed by atoms with Crippen molar-refractivity contribution in [3.63, 3.8) is 0 Å². The van der Waals surface area contributed by atoms with Crippen LogP contribution in [-0.4, -0.2) is 35.6 Å². The molecule has 0 aromatic heterocycles. The Hall–Kier alpha value is -1.71. The van der Waals surface area contributed by atoms with Crippen LogP contribution in [0.1, 0.15) is 48.4 Å². The van der Waals surface area contributed by atoms with Gasteiger partial charge < -0.3 is 15.7 Å². The van der Waals surface area contributed by atoms with Gasteiger partial charge in [0.2, 0.25) is 0 Å². The lowest BCUT2D eigenvalue weighted by molar-refractivity contribution is 0.221. The molecule has 1 saturated heterocycles. The number of benzene rings is 2. The van der Waals surface area contributed by atoms with E-state index in [4.69, 9.17) is 0 Å². The number of piperidine rings is 1. The second kappa shape index (κ2) is 13.6. The highest BCUT2D eigenvalue weighted by molar-refractivity contribution is 14.0. The molecule has 0 aliphatic carbocycles. The van der Waals surface area contributed by atoms with E-state index in [9.17, 15) is 9.50 Å². The van der Waals surface area contributed by atoms with Crippen LogP contribution in [0.25, 0.3) is 0 Å². The van der Waals surface area contributed by atoms with Crippen molar-refractivity contribution in [1.29, 1.82) is 0 Å². The monoisotopic (exact) mass is 540 g/mol. The maximum Gasteiger partial charge on any atom is 0.191 e. The largest absolute Gasteiger partial charge is 0.392 e. The first kappa shape index (κ1) is 25.5. The van der Waals surface area contributed by atoms with Crippen molar-refractivity contribution >= 4 is 29.9 Å². The quantitative estimate of drug-likeness (QED) is 0.267. The molecule has 0 spiro atoms. The van der Waals surface area contributed by atoms with Crippen LogP contribution >= 0.6 is 24.0 Å². The van der Waals surface area contributed by atoms with Crippen LogP contribution in [0.2, 0.25) is 0 Å². The van der Waals surface area contributed by atoms with Gasteiger partial charge in [-0.15, -0.1) is 24.0 Å². The summed E-state index contributed by atoms with van der Waals surface area (Å²) in [4.78, 5) is 7.11. The third kappa shape index (κ3) is 8.38. The molecule has 0 atom stereocenters. The first-order chi connectivity index (χ1) is 14.7. The molecule has 0 radical (unpaired) electrons. The second-order valence-electron chi connectivity index (χ2n) is 7.79. The van der Waals surface area contributed by atoms with Gasteiger partial charge in [-0.05, 0) is 61.7 Å². The van der Waals surface area contributed by atoms with Crippen molar-refractivity contribution < 1.29 is 9.50 Å².